The van der Waals surface area contributed by atoms with Crippen LogP contribution in [0.4, 0.5) is 5.69 Å². The monoisotopic (exact) mass is 544 g/mol. The van der Waals surface area contributed by atoms with Gasteiger partial charge in [0.15, 0.2) is 0 Å². The summed E-state index contributed by atoms with van der Waals surface area (Å²) >= 11 is 6.06. The number of carbonyl (C=O) groups excluding carboxylic acids is 1. The number of nitrogens with one attached hydrogen (secondary N) is 1. The molecule has 206 valence electrons. The zero-order chi connectivity index (χ0) is 27.5. The Morgan fingerprint density at radius 3 is 2.49 bits per heavy atom. The third kappa shape index (κ3) is 6.11. The van der Waals surface area contributed by atoms with Gasteiger partial charge in [-0.15, -0.1) is 0 Å². The van der Waals surface area contributed by atoms with Crippen LogP contribution >= 0.6 is 11.6 Å². The summed E-state index contributed by atoms with van der Waals surface area (Å²) in [6, 6.07) is 20.7. The highest BCUT2D eigenvalue weighted by atomic mass is 35.5. The second kappa shape index (κ2) is 12.0. The lowest BCUT2D eigenvalue weighted by molar-refractivity contribution is 0.0940. The van der Waals surface area contributed by atoms with Gasteiger partial charge in [-0.05, 0) is 98.4 Å². The molecule has 4 nitrogen and oxygen atoms in total. The highest BCUT2D eigenvalue weighted by Gasteiger charge is 2.37. The molecule has 2 N–H and O–H groups in total. The minimum atomic E-state index is -0.0682. The van der Waals surface area contributed by atoms with E-state index in [2.05, 4.69) is 67.4 Å². The van der Waals surface area contributed by atoms with Gasteiger partial charge in [0, 0.05) is 29.8 Å². The van der Waals surface area contributed by atoms with Crippen LogP contribution in [-0.4, -0.2) is 23.6 Å². The standard InChI is InChI=1S/C34H41ClN2O2/c1-4-5-7-24-10-13-27(14-11-24)22(2)36-34(39)28-15-16-29-30(18-26-12-17-31(35)33(38)19-26)23(3)37(32(29)20-28)21-25-8-6-9-25/h10-17,19-20,22-23,25,30,38H,4-9,18,21H2,1-3H3,(H,36,39)/t22-,23?,30?/m0/s1. The molecule has 3 aromatic carbocycles. The first-order valence-electron chi connectivity index (χ1n) is 14.6. The minimum absolute atomic E-state index is 0.0392. The molecule has 0 aromatic heterocycles. The number of phenolic OH excluding ortho intramolecular Hbond substituents is 1. The molecule has 2 unspecified atom stereocenters. The molecule has 1 saturated carbocycles. The van der Waals surface area contributed by atoms with E-state index >= 15 is 0 Å². The number of benzene rings is 3. The minimum Gasteiger partial charge on any atom is -0.506 e. The Morgan fingerprint density at radius 1 is 1.08 bits per heavy atom. The van der Waals surface area contributed by atoms with Crippen LogP contribution in [0.5, 0.6) is 5.75 Å². The van der Waals surface area contributed by atoms with E-state index in [4.69, 9.17) is 11.6 Å². The molecule has 1 amide bonds. The number of amides is 1. The molecule has 0 radical (unpaired) electrons. The Balaban J connectivity index is 1.35. The third-order valence-corrected chi connectivity index (χ3v) is 9.19. The first kappa shape index (κ1) is 27.6. The molecule has 1 aliphatic heterocycles. The van der Waals surface area contributed by atoms with Crippen molar-refractivity contribution < 1.29 is 9.90 Å². The molecule has 5 heteroatoms. The zero-order valence-electron chi connectivity index (χ0n) is 23.4. The number of carbonyl (C=O) groups is 1. The van der Waals surface area contributed by atoms with Crippen LogP contribution in [0.2, 0.25) is 5.02 Å². The van der Waals surface area contributed by atoms with E-state index in [0.29, 0.717) is 16.6 Å². The number of anilines is 1. The summed E-state index contributed by atoms with van der Waals surface area (Å²) in [6.07, 6.45) is 8.18. The van der Waals surface area contributed by atoms with Crippen LogP contribution in [0.15, 0.2) is 60.7 Å². The molecule has 3 aromatic rings. The number of fused-ring (bicyclic) bond motifs is 1. The largest absolute Gasteiger partial charge is 0.506 e. The van der Waals surface area contributed by atoms with Crippen molar-refractivity contribution in [3.63, 3.8) is 0 Å². The number of hydrogen-bond donors (Lipinski definition) is 2. The molecule has 5 rings (SSSR count). The van der Waals surface area contributed by atoms with Crippen molar-refractivity contribution in [1.29, 1.82) is 0 Å². The summed E-state index contributed by atoms with van der Waals surface area (Å²) in [6.45, 7) is 7.59. The first-order valence-corrected chi connectivity index (χ1v) is 15.0. The van der Waals surface area contributed by atoms with Gasteiger partial charge in [-0.2, -0.15) is 0 Å². The van der Waals surface area contributed by atoms with Crippen molar-refractivity contribution in [3.05, 3.63) is 93.5 Å². The fourth-order valence-electron chi connectivity index (χ4n) is 6.10. The summed E-state index contributed by atoms with van der Waals surface area (Å²) in [4.78, 5) is 15.9. The molecule has 0 spiro atoms. The van der Waals surface area contributed by atoms with Gasteiger partial charge in [0.05, 0.1) is 11.1 Å². The van der Waals surface area contributed by atoms with E-state index in [1.54, 1.807) is 12.1 Å². The van der Waals surface area contributed by atoms with Crippen LogP contribution in [-0.2, 0) is 12.8 Å². The van der Waals surface area contributed by atoms with Gasteiger partial charge < -0.3 is 15.3 Å². The molecular weight excluding hydrogens is 504 g/mol. The Kier molecular flexibility index (Phi) is 8.52. The van der Waals surface area contributed by atoms with Crippen molar-refractivity contribution in [1.82, 2.24) is 5.32 Å². The number of hydrogen-bond acceptors (Lipinski definition) is 3. The molecule has 39 heavy (non-hydrogen) atoms. The summed E-state index contributed by atoms with van der Waals surface area (Å²) < 4.78 is 0. The highest BCUT2D eigenvalue weighted by molar-refractivity contribution is 6.32. The van der Waals surface area contributed by atoms with E-state index in [-0.39, 0.29) is 23.6 Å². The molecule has 2 aliphatic rings. The van der Waals surface area contributed by atoms with E-state index < -0.39 is 0 Å². The van der Waals surface area contributed by atoms with Crippen molar-refractivity contribution in [2.24, 2.45) is 5.92 Å². The lowest BCUT2D eigenvalue weighted by Crippen LogP contribution is -2.38. The van der Waals surface area contributed by atoms with Crippen LogP contribution in [0.1, 0.15) is 97.4 Å². The van der Waals surface area contributed by atoms with Crippen LogP contribution in [0.25, 0.3) is 0 Å². The van der Waals surface area contributed by atoms with Gasteiger partial charge in [0.25, 0.3) is 5.91 Å². The fourth-order valence-corrected chi connectivity index (χ4v) is 6.22. The number of unbranched alkanes of at least 4 members (excludes halogenated alkanes) is 1. The van der Waals surface area contributed by atoms with E-state index in [9.17, 15) is 9.90 Å². The van der Waals surface area contributed by atoms with Gasteiger partial charge in [-0.25, -0.2) is 0 Å². The maximum absolute atomic E-state index is 13.4. The molecule has 3 atom stereocenters. The second-order valence-corrected chi connectivity index (χ2v) is 12.0. The summed E-state index contributed by atoms with van der Waals surface area (Å²) in [7, 11) is 0. The Hall–Kier alpha value is -2.98. The highest BCUT2D eigenvalue weighted by Crippen LogP contribution is 2.45. The van der Waals surface area contributed by atoms with Gasteiger partial charge in [-0.3, -0.25) is 4.79 Å². The average Bonchev–Trinajstić information content (AvgIpc) is 3.16. The SMILES string of the molecule is CCCCc1ccc([C@H](C)NC(=O)c2ccc3c(c2)N(CC2CCC2)C(C)C3Cc2ccc(Cl)c(O)c2)cc1. The lowest BCUT2D eigenvalue weighted by atomic mass is 9.84. The average molecular weight is 545 g/mol. The van der Waals surface area contributed by atoms with Crippen molar-refractivity contribution >= 4 is 23.2 Å². The molecule has 1 aliphatic carbocycles. The first-order chi connectivity index (χ1) is 18.8. The number of nitrogens with zero attached hydrogens (tertiary/aromatic N) is 1. The van der Waals surface area contributed by atoms with Gasteiger partial charge in [-0.1, -0.05) is 67.8 Å². The summed E-state index contributed by atoms with van der Waals surface area (Å²) in [5, 5.41) is 13.8. The van der Waals surface area contributed by atoms with E-state index in [0.717, 1.165) is 36.4 Å². The number of rotatable bonds is 10. The van der Waals surface area contributed by atoms with Crippen LogP contribution in [0, 0.1) is 5.92 Å². The topological polar surface area (TPSA) is 52.6 Å². The quantitative estimate of drug-likeness (QED) is 0.270. The van der Waals surface area contributed by atoms with Crippen molar-refractivity contribution in [3.8, 4) is 5.75 Å². The smallest absolute Gasteiger partial charge is 0.251 e. The Labute approximate surface area is 238 Å². The van der Waals surface area contributed by atoms with E-state index in [1.165, 1.54) is 48.9 Å². The zero-order valence-corrected chi connectivity index (χ0v) is 24.2. The summed E-state index contributed by atoms with van der Waals surface area (Å²) in [5.41, 5.74) is 6.71. The van der Waals surface area contributed by atoms with Crippen molar-refractivity contribution in [2.45, 2.75) is 83.7 Å². The van der Waals surface area contributed by atoms with Crippen LogP contribution in [0.3, 0.4) is 0 Å². The maximum atomic E-state index is 13.4. The molecule has 0 saturated heterocycles. The molecular formula is C34H41ClN2O2. The lowest BCUT2D eigenvalue weighted by Gasteiger charge is -2.35. The number of aromatic hydroxyl groups is 1. The van der Waals surface area contributed by atoms with Crippen molar-refractivity contribution in [2.75, 3.05) is 11.4 Å². The normalized spacial score (nSPS) is 19.4. The Morgan fingerprint density at radius 2 is 1.82 bits per heavy atom. The molecule has 1 heterocycles. The van der Waals surface area contributed by atoms with Gasteiger partial charge >= 0.3 is 0 Å². The Bertz CT molecular complexity index is 1300. The molecule has 1 fully saturated rings. The fraction of sp³-hybridized carbons (Fsp3) is 0.441. The maximum Gasteiger partial charge on any atom is 0.251 e. The predicted octanol–water partition coefficient (Wildman–Crippen LogP) is 8.21. The predicted molar refractivity (Wildman–Crippen MR) is 161 cm³/mol. The van der Waals surface area contributed by atoms with Gasteiger partial charge in [0.1, 0.15) is 5.75 Å². The van der Waals surface area contributed by atoms with Gasteiger partial charge in [0.2, 0.25) is 0 Å². The number of aryl methyl sites for hydroxylation is 1. The second-order valence-electron chi connectivity index (χ2n) is 11.6. The summed E-state index contributed by atoms with van der Waals surface area (Å²) in [5.74, 6) is 1.09. The molecule has 0 bridgehead atoms. The van der Waals surface area contributed by atoms with Crippen LogP contribution < -0.4 is 10.2 Å². The van der Waals surface area contributed by atoms with E-state index in [1.807, 2.05) is 12.1 Å². The third-order valence-electron chi connectivity index (χ3n) is 8.87. The number of halogens is 1. The number of phenols is 1.